The minimum absolute atomic E-state index is 0.00885. The Balaban J connectivity index is 1.60. The zero-order valence-electron chi connectivity index (χ0n) is 18.1. The number of fused-ring (bicyclic) bond motifs is 2. The summed E-state index contributed by atoms with van der Waals surface area (Å²) < 4.78 is 55.4. The fourth-order valence-corrected chi connectivity index (χ4v) is 6.40. The third-order valence-corrected chi connectivity index (χ3v) is 8.61. The van der Waals surface area contributed by atoms with E-state index in [9.17, 15) is 10.1 Å². The number of carbonyl (C=O) groups excluding carboxylic acids is 1. The molecule has 4 heterocycles. The molecule has 0 unspecified atom stereocenters. The van der Waals surface area contributed by atoms with Crippen molar-refractivity contribution in [2.75, 3.05) is 19.1 Å². The van der Waals surface area contributed by atoms with E-state index in [1.807, 2.05) is 6.07 Å². The third kappa shape index (κ3) is 4.04. The molecule has 0 radical (unpaired) electrons. The number of rotatable bonds is 6. The van der Waals surface area contributed by atoms with Crippen LogP contribution in [0, 0.1) is 11.3 Å². The van der Waals surface area contributed by atoms with Crippen molar-refractivity contribution in [2.45, 2.75) is 50.4 Å². The average molecular weight is 614 g/mol. The van der Waals surface area contributed by atoms with E-state index < -0.39 is 50.7 Å². The molecule has 2 fully saturated rings. The maximum absolute atomic E-state index is 16.5. The summed E-state index contributed by atoms with van der Waals surface area (Å²) in [7, 11) is -4.00. The van der Waals surface area contributed by atoms with Crippen LogP contribution in [0.15, 0.2) is 12.5 Å². The van der Waals surface area contributed by atoms with Crippen molar-refractivity contribution in [1.82, 2.24) is 19.6 Å². The Morgan fingerprint density at radius 2 is 2.29 bits per heavy atom. The number of anilines is 1. The summed E-state index contributed by atoms with van der Waals surface area (Å²) in [5.41, 5.74) is 1.28. The SMILES string of the molecule is CC(C)OC(=O)OCO[PH]1(OI)OC[C@H]2O[C@@](C#N)(c3cnc4c(N)ncnn34)[C@](C)(F)[C@@H]2O1. The Hall–Kier alpha value is -2.00. The van der Waals surface area contributed by atoms with Gasteiger partial charge in [0.05, 0.1) is 0 Å². The standard InChI is InChI=1S/C17H21FIN6O8P/c1-9(2)30-15(26)27-8-29-34(33-19)28-5-10-12(32-34)16(3,18)17(6-20,31-10)11-4-22-14-13(21)23-7-24-25(11)14/h4,7,9-10,12,34H,5,8H2,1-3H3,(H2,21,23,24)/t10-,12-,16-,17+/m1/s1. The summed E-state index contributed by atoms with van der Waals surface area (Å²) in [5, 5.41) is 14.1. The number of hydrogen-bond donors (Lipinski definition) is 1. The first-order valence-electron chi connectivity index (χ1n) is 9.90. The van der Waals surface area contributed by atoms with Crippen LogP contribution in [-0.2, 0) is 36.2 Å². The predicted octanol–water partition coefficient (Wildman–Crippen LogP) is 2.28. The molecule has 0 aliphatic carbocycles. The number of nitrogens with zero attached hydrogens (tertiary/aromatic N) is 5. The predicted molar refractivity (Wildman–Crippen MR) is 120 cm³/mol. The molecule has 14 nitrogen and oxygen atoms in total. The summed E-state index contributed by atoms with van der Waals surface area (Å²) in [5.74, 6) is 0.0408. The van der Waals surface area contributed by atoms with Crippen molar-refractivity contribution in [2.24, 2.45) is 0 Å². The van der Waals surface area contributed by atoms with E-state index >= 15 is 4.39 Å². The van der Waals surface area contributed by atoms with E-state index in [2.05, 4.69) is 15.1 Å². The second kappa shape index (κ2) is 9.22. The number of alkyl halides is 1. The van der Waals surface area contributed by atoms with Crippen molar-refractivity contribution >= 4 is 48.8 Å². The van der Waals surface area contributed by atoms with E-state index in [0.717, 1.165) is 13.3 Å². The van der Waals surface area contributed by atoms with Crippen LogP contribution in [0.25, 0.3) is 5.65 Å². The molecule has 2 aliphatic heterocycles. The van der Waals surface area contributed by atoms with E-state index in [-0.39, 0.29) is 23.8 Å². The number of nitrogen functional groups attached to an aromatic ring is 1. The molecular weight excluding hydrogens is 593 g/mol. The molecule has 2 saturated heterocycles. The van der Waals surface area contributed by atoms with Crippen LogP contribution in [0.3, 0.4) is 0 Å². The van der Waals surface area contributed by atoms with Crippen LogP contribution >= 0.6 is 31.2 Å². The zero-order chi connectivity index (χ0) is 24.7. The van der Waals surface area contributed by atoms with Gasteiger partial charge in [-0.25, -0.2) is 0 Å². The van der Waals surface area contributed by atoms with Gasteiger partial charge < -0.3 is 0 Å². The van der Waals surface area contributed by atoms with Crippen molar-refractivity contribution in [3.05, 3.63) is 18.2 Å². The summed E-state index contributed by atoms with van der Waals surface area (Å²) in [6.07, 6.45) is -1.35. The molecular formula is C17H21FIN6O8P. The van der Waals surface area contributed by atoms with Crippen molar-refractivity contribution in [3.63, 3.8) is 0 Å². The van der Waals surface area contributed by atoms with Gasteiger partial charge in [-0.15, -0.1) is 0 Å². The van der Waals surface area contributed by atoms with Crippen LogP contribution in [0.4, 0.5) is 15.0 Å². The van der Waals surface area contributed by atoms with Crippen LogP contribution in [0.5, 0.6) is 0 Å². The Morgan fingerprint density at radius 3 is 2.97 bits per heavy atom. The average Bonchev–Trinajstić information content (AvgIpc) is 3.31. The fraction of sp³-hybridized carbons (Fsp3) is 0.588. The normalized spacial score (nSPS) is 31.1. The molecule has 0 spiro atoms. The number of nitriles is 1. The van der Waals surface area contributed by atoms with Gasteiger partial charge in [-0.3, -0.25) is 0 Å². The quantitative estimate of drug-likeness (QED) is 0.217. The maximum atomic E-state index is 16.5. The summed E-state index contributed by atoms with van der Waals surface area (Å²) in [4.78, 5) is 19.5. The van der Waals surface area contributed by atoms with Gasteiger partial charge in [-0.05, 0) is 0 Å². The van der Waals surface area contributed by atoms with Crippen LogP contribution in [-0.4, -0.2) is 63.1 Å². The third-order valence-electron chi connectivity index (χ3n) is 5.27. The molecule has 4 atom stereocenters. The Morgan fingerprint density at radius 1 is 1.53 bits per heavy atom. The Bertz CT molecular complexity index is 1130. The van der Waals surface area contributed by atoms with Gasteiger partial charge >= 0.3 is 207 Å². The van der Waals surface area contributed by atoms with E-state index in [0.29, 0.717) is 0 Å². The molecule has 2 aliphatic rings. The first-order valence-corrected chi connectivity index (χ1v) is 12.4. The molecule has 0 bridgehead atoms. The number of carbonyl (C=O) groups is 1. The monoisotopic (exact) mass is 614 g/mol. The van der Waals surface area contributed by atoms with E-state index in [1.54, 1.807) is 13.8 Å². The molecule has 34 heavy (non-hydrogen) atoms. The van der Waals surface area contributed by atoms with Crippen LogP contribution in [0.2, 0.25) is 0 Å². The fourth-order valence-electron chi connectivity index (χ4n) is 3.73. The second-order valence-corrected chi connectivity index (χ2v) is 11.1. The molecule has 0 aromatic carbocycles. The Kier molecular flexibility index (Phi) is 6.81. The van der Waals surface area contributed by atoms with Gasteiger partial charge in [0.15, 0.2) is 0 Å². The van der Waals surface area contributed by atoms with E-state index in [4.69, 9.17) is 36.4 Å². The van der Waals surface area contributed by atoms with Crippen LogP contribution < -0.4 is 5.73 Å². The van der Waals surface area contributed by atoms with Gasteiger partial charge in [0.2, 0.25) is 0 Å². The van der Waals surface area contributed by atoms with Gasteiger partial charge in [0, 0.05) is 0 Å². The zero-order valence-corrected chi connectivity index (χ0v) is 21.3. The van der Waals surface area contributed by atoms with Gasteiger partial charge in [-0.2, -0.15) is 0 Å². The molecule has 186 valence electrons. The summed E-state index contributed by atoms with van der Waals surface area (Å²) in [6.45, 7) is 3.59. The number of halogens is 2. The topological polar surface area (TPSA) is 175 Å². The first-order chi connectivity index (χ1) is 16.1. The molecule has 2 aromatic rings. The molecule has 0 amide bonds. The molecule has 2 N–H and O–H groups in total. The van der Waals surface area contributed by atoms with Crippen molar-refractivity contribution < 1.29 is 39.8 Å². The minimum atomic E-state index is -4.00. The molecule has 2 aromatic heterocycles. The number of nitrogens with two attached hydrogens (primary N) is 1. The number of ether oxygens (including phenoxy) is 3. The summed E-state index contributed by atoms with van der Waals surface area (Å²) in [6, 6.07) is 1.91. The van der Waals surface area contributed by atoms with Gasteiger partial charge in [-0.1, -0.05) is 0 Å². The molecule has 0 saturated carbocycles. The summed E-state index contributed by atoms with van der Waals surface area (Å²) >= 11 is 1.49. The van der Waals surface area contributed by atoms with Crippen LogP contribution in [0.1, 0.15) is 26.5 Å². The van der Waals surface area contributed by atoms with Crippen molar-refractivity contribution in [1.29, 1.82) is 5.26 Å². The second-order valence-electron chi connectivity index (χ2n) is 7.80. The molecule has 17 heteroatoms. The van der Waals surface area contributed by atoms with Gasteiger partial charge in [0.1, 0.15) is 0 Å². The van der Waals surface area contributed by atoms with Gasteiger partial charge in [0.25, 0.3) is 0 Å². The van der Waals surface area contributed by atoms with Crippen molar-refractivity contribution in [3.8, 4) is 6.07 Å². The Labute approximate surface area is 207 Å². The van der Waals surface area contributed by atoms with E-state index in [1.165, 1.54) is 33.7 Å². The first kappa shape index (κ1) is 25.1. The number of imidazole rings is 1. The number of aromatic nitrogens is 4. The number of hydrogen-bond acceptors (Lipinski definition) is 13. The molecule has 4 rings (SSSR count).